The van der Waals surface area contributed by atoms with Crippen molar-refractivity contribution in [3.8, 4) is 0 Å². The molecule has 2 heteroatoms. The number of rotatable bonds is 11. The first-order valence-corrected chi connectivity index (χ1v) is 6.77. The molecule has 0 bridgehead atoms. The van der Waals surface area contributed by atoms with E-state index in [1.807, 2.05) is 7.05 Å². The molecule has 0 amide bonds. The van der Waals surface area contributed by atoms with Crippen molar-refractivity contribution in [2.24, 2.45) is 0 Å². The molecule has 0 rings (SSSR count). The zero-order chi connectivity index (χ0) is 11.4. The fourth-order valence-corrected chi connectivity index (χ4v) is 1.79. The van der Waals surface area contributed by atoms with Crippen LogP contribution in [0.15, 0.2) is 0 Å². The summed E-state index contributed by atoms with van der Waals surface area (Å²) in [7, 11) is 2.04. The fraction of sp³-hybridized carbons (Fsp3) is 1.00. The Morgan fingerprint density at radius 3 is 1.53 bits per heavy atom. The van der Waals surface area contributed by atoms with Crippen LogP contribution in [0.4, 0.5) is 0 Å². The zero-order valence-corrected chi connectivity index (χ0v) is 11.0. The monoisotopic (exact) mass is 214 g/mol. The molecule has 0 aromatic carbocycles. The number of hydrazine groups is 1. The highest BCUT2D eigenvalue weighted by Gasteiger charge is 2.00. The maximum atomic E-state index is 3.29. The molecule has 0 radical (unpaired) electrons. The van der Waals surface area contributed by atoms with Crippen LogP contribution in [0, 0.1) is 0 Å². The largest absolute Gasteiger partial charge is 0.258 e. The molecular weight excluding hydrogens is 184 g/mol. The van der Waals surface area contributed by atoms with E-state index in [2.05, 4.69) is 24.3 Å². The molecule has 15 heavy (non-hydrogen) atoms. The number of nitrogens with one attached hydrogen (secondary N) is 1. The molecule has 0 aromatic heterocycles. The standard InChI is InChI=1S/C13H30N2/c1-4-6-8-10-12-15(14-3)13-11-9-7-5-2/h14H,4-13H2,1-3H3. The van der Waals surface area contributed by atoms with Crippen LogP contribution < -0.4 is 5.43 Å². The van der Waals surface area contributed by atoms with E-state index in [1.165, 1.54) is 64.5 Å². The molecule has 0 spiro atoms. The SMILES string of the molecule is CCCCCCN(CCCCCC)NC. The van der Waals surface area contributed by atoms with Gasteiger partial charge < -0.3 is 0 Å². The number of nitrogens with zero attached hydrogens (tertiary/aromatic N) is 1. The summed E-state index contributed by atoms with van der Waals surface area (Å²) in [6.45, 7) is 6.95. The first-order chi connectivity index (χ1) is 7.35. The van der Waals surface area contributed by atoms with Gasteiger partial charge in [-0.3, -0.25) is 5.43 Å². The van der Waals surface area contributed by atoms with Crippen molar-refractivity contribution in [1.29, 1.82) is 0 Å². The van der Waals surface area contributed by atoms with Crippen LogP contribution >= 0.6 is 0 Å². The Labute approximate surface area is 96.4 Å². The molecule has 92 valence electrons. The van der Waals surface area contributed by atoms with Gasteiger partial charge in [0.2, 0.25) is 0 Å². The van der Waals surface area contributed by atoms with Crippen molar-refractivity contribution in [3.63, 3.8) is 0 Å². The van der Waals surface area contributed by atoms with Gasteiger partial charge in [-0.15, -0.1) is 0 Å². The summed E-state index contributed by atoms with van der Waals surface area (Å²) in [5.41, 5.74) is 3.29. The molecule has 1 N–H and O–H groups in total. The average Bonchev–Trinajstić information content (AvgIpc) is 2.27. The molecule has 0 fully saturated rings. The Bertz CT molecular complexity index is 103. The summed E-state index contributed by atoms with van der Waals surface area (Å²) < 4.78 is 0. The molecule has 0 saturated heterocycles. The van der Waals surface area contributed by atoms with Gasteiger partial charge in [0, 0.05) is 13.1 Å². The van der Waals surface area contributed by atoms with Gasteiger partial charge in [-0.05, 0) is 19.9 Å². The Hall–Kier alpha value is -0.0800. The van der Waals surface area contributed by atoms with Gasteiger partial charge >= 0.3 is 0 Å². The summed E-state index contributed by atoms with van der Waals surface area (Å²) in [6, 6.07) is 0. The van der Waals surface area contributed by atoms with E-state index in [-0.39, 0.29) is 0 Å². The third kappa shape index (κ3) is 10.2. The van der Waals surface area contributed by atoms with Gasteiger partial charge in [0.15, 0.2) is 0 Å². The third-order valence-electron chi connectivity index (χ3n) is 2.88. The van der Waals surface area contributed by atoms with Gasteiger partial charge in [-0.1, -0.05) is 52.4 Å². The highest BCUT2D eigenvalue weighted by molar-refractivity contribution is 4.52. The summed E-state index contributed by atoms with van der Waals surface area (Å²) in [5, 5.41) is 2.37. The zero-order valence-electron chi connectivity index (χ0n) is 11.0. The lowest BCUT2D eigenvalue weighted by atomic mass is 10.2. The van der Waals surface area contributed by atoms with Crippen LogP contribution in [-0.4, -0.2) is 25.1 Å². The lowest BCUT2D eigenvalue weighted by molar-refractivity contribution is 0.198. The second kappa shape index (κ2) is 12.0. The molecule has 0 aromatic rings. The van der Waals surface area contributed by atoms with Gasteiger partial charge in [0.25, 0.3) is 0 Å². The Balaban J connectivity index is 3.29. The predicted octanol–water partition coefficient (Wildman–Crippen LogP) is 3.58. The first-order valence-electron chi connectivity index (χ1n) is 6.77. The van der Waals surface area contributed by atoms with Crippen LogP contribution in [0.3, 0.4) is 0 Å². The predicted molar refractivity (Wildman–Crippen MR) is 68.9 cm³/mol. The van der Waals surface area contributed by atoms with Crippen molar-refractivity contribution in [1.82, 2.24) is 10.4 Å². The highest BCUT2D eigenvalue weighted by atomic mass is 15.5. The molecule has 0 aliphatic rings. The number of hydrogen-bond donors (Lipinski definition) is 1. The second-order valence-corrected chi connectivity index (χ2v) is 4.33. The van der Waals surface area contributed by atoms with Crippen molar-refractivity contribution in [2.75, 3.05) is 20.1 Å². The van der Waals surface area contributed by atoms with Gasteiger partial charge in [-0.2, -0.15) is 0 Å². The van der Waals surface area contributed by atoms with E-state index in [1.54, 1.807) is 0 Å². The van der Waals surface area contributed by atoms with E-state index < -0.39 is 0 Å². The van der Waals surface area contributed by atoms with Gasteiger partial charge in [0.1, 0.15) is 0 Å². The highest BCUT2D eigenvalue weighted by Crippen LogP contribution is 2.03. The van der Waals surface area contributed by atoms with E-state index in [0.29, 0.717) is 0 Å². The van der Waals surface area contributed by atoms with E-state index in [0.717, 1.165) is 0 Å². The van der Waals surface area contributed by atoms with E-state index >= 15 is 0 Å². The van der Waals surface area contributed by atoms with E-state index in [9.17, 15) is 0 Å². The third-order valence-corrected chi connectivity index (χ3v) is 2.88. The van der Waals surface area contributed by atoms with Crippen LogP contribution in [-0.2, 0) is 0 Å². The quantitative estimate of drug-likeness (QED) is 0.418. The molecule has 0 heterocycles. The second-order valence-electron chi connectivity index (χ2n) is 4.33. The van der Waals surface area contributed by atoms with Crippen molar-refractivity contribution in [2.45, 2.75) is 65.2 Å². The van der Waals surface area contributed by atoms with Crippen molar-refractivity contribution < 1.29 is 0 Å². The van der Waals surface area contributed by atoms with Gasteiger partial charge in [0.05, 0.1) is 0 Å². The minimum absolute atomic E-state index is 1.21. The average molecular weight is 214 g/mol. The molecule has 0 saturated carbocycles. The maximum Gasteiger partial charge on any atom is 0.0130 e. The molecule has 0 aliphatic heterocycles. The van der Waals surface area contributed by atoms with E-state index in [4.69, 9.17) is 0 Å². The summed E-state index contributed by atoms with van der Waals surface area (Å²) in [5.74, 6) is 0. The lowest BCUT2D eigenvalue weighted by Crippen LogP contribution is -2.36. The number of hydrogen-bond acceptors (Lipinski definition) is 2. The Morgan fingerprint density at radius 2 is 1.20 bits per heavy atom. The van der Waals surface area contributed by atoms with Gasteiger partial charge in [-0.25, -0.2) is 5.01 Å². The molecular formula is C13H30N2. The smallest absolute Gasteiger partial charge is 0.0130 e. The Morgan fingerprint density at radius 1 is 0.733 bits per heavy atom. The van der Waals surface area contributed by atoms with Crippen LogP contribution in [0.5, 0.6) is 0 Å². The minimum atomic E-state index is 1.21. The topological polar surface area (TPSA) is 15.3 Å². The molecule has 0 atom stereocenters. The summed E-state index contributed by atoms with van der Waals surface area (Å²) in [6.07, 6.45) is 10.9. The van der Waals surface area contributed by atoms with Crippen LogP contribution in [0.2, 0.25) is 0 Å². The fourth-order valence-electron chi connectivity index (χ4n) is 1.79. The lowest BCUT2D eigenvalue weighted by Gasteiger charge is -2.20. The van der Waals surface area contributed by atoms with Crippen molar-refractivity contribution in [3.05, 3.63) is 0 Å². The summed E-state index contributed by atoms with van der Waals surface area (Å²) in [4.78, 5) is 0. The maximum absolute atomic E-state index is 3.29. The normalized spacial score (nSPS) is 11.2. The van der Waals surface area contributed by atoms with Crippen LogP contribution in [0.25, 0.3) is 0 Å². The van der Waals surface area contributed by atoms with Crippen molar-refractivity contribution >= 4 is 0 Å². The molecule has 0 unspecified atom stereocenters. The first kappa shape index (κ1) is 14.9. The molecule has 0 aliphatic carbocycles. The Kier molecular flexibility index (Phi) is 11.9. The molecule has 2 nitrogen and oxygen atoms in total. The summed E-state index contributed by atoms with van der Waals surface area (Å²) >= 11 is 0. The van der Waals surface area contributed by atoms with Crippen LogP contribution in [0.1, 0.15) is 65.2 Å². The minimum Gasteiger partial charge on any atom is -0.258 e. The number of unbranched alkanes of at least 4 members (excludes halogenated alkanes) is 6.